The van der Waals surface area contributed by atoms with Gasteiger partial charge in [0.25, 0.3) is 5.91 Å². The van der Waals surface area contributed by atoms with Gasteiger partial charge in [0.1, 0.15) is 11.4 Å². The summed E-state index contributed by atoms with van der Waals surface area (Å²) >= 11 is 0. The summed E-state index contributed by atoms with van der Waals surface area (Å²) in [6.45, 7) is 6.72. The topological polar surface area (TPSA) is 67.9 Å². The maximum atomic E-state index is 12.0. The van der Waals surface area contributed by atoms with E-state index in [1.54, 1.807) is 4.90 Å². The molecule has 0 bridgehead atoms. The molecule has 1 aromatic rings. The van der Waals surface area contributed by atoms with Gasteiger partial charge < -0.3 is 19.7 Å². The molecule has 1 aliphatic rings. The molecule has 1 aromatic carbocycles. The highest BCUT2D eigenvalue weighted by Crippen LogP contribution is 2.15. The van der Waals surface area contributed by atoms with E-state index in [1.165, 1.54) is 0 Å². The first kappa shape index (κ1) is 18.1. The first-order valence-electron chi connectivity index (χ1n) is 8.28. The fourth-order valence-corrected chi connectivity index (χ4v) is 2.47. The van der Waals surface area contributed by atoms with Crippen molar-refractivity contribution in [1.82, 2.24) is 10.2 Å². The molecule has 0 atom stereocenters. The smallest absolute Gasteiger partial charge is 0.410 e. The first-order valence-corrected chi connectivity index (χ1v) is 8.28. The molecule has 132 valence electrons. The molecule has 6 nitrogen and oxygen atoms in total. The Labute approximate surface area is 143 Å². The van der Waals surface area contributed by atoms with Crippen molar-refractivity contribution in [2.45, 2.75) is 45.3 Å². The zero-order chi connectivity index (χ0) is 17.6. The SMILES string of the molecule is CC(C)(C)OC(=O)N1CCC(NC(=O)COc2ccccc2)CC1. The summed E-state index contributed by atoms with van der Waals surface area (Å²) in [7, 11) is 0. The molecule has 1 fully saturated rings. The molecule has 2 amide bonds. The molecule has 6 heteroatoms. The maximum Gasteiger partial charge on any atom is 0.410 e. The highest BCUT2D eigenvalue weighted by atomic mass is 16.6. The largest absolute Gasteiger partial charge is 0.484 e. The van der Waals surface area contributed by atoms with Crippen molar-refractivity contribution in [2.24, 2.45) is 0 Å². The van der Waals surface area contributed by atoms with Crippen molar-refractivity contribution in [3.05, 3.63) is 30.3 Å². The van der Waals surface area contributed by atoms with E-state index in [1.807, 2.05) is 51.1 Å². The van der Waals surface area contributed by atoms with E-state index in [4.69, 9.17) is 9.47 Å². The van der Waals surface area contributed by atoms with Crippen molar-refractivity contribution >= 4 is 12.0 Å². The van der Waals surface area contributed by atoms with Crippen LogP contribution in [0.25, 0.3) is 0 Å². The van der Waals surface area contributed by atoms with Gasteiger partial charge in [-0.15, -0.1) is 0 Å². The molecule has 0 saturated carbocycles. The predicted octanol–water partition coefficient (Wildman–Crippen LogP) is 2.58. The number of likely N-dealkylation sites (tertiary alicyclic amines) is 1. The van der Waals surface area contributed by atoms with E-state index in [0.29, 0.717) is 18.8 Å². The van der Waals surface area contributed by atoms with Gasteiger partial charge in [0.2, 0.25) is 0 Å². The summed E-state index contributed by atoms with van der Waals surface area (Å²) in [6.07, 6.45) is 1.15. The lowest BCUT2D eigenvalue weighted by atomic mass is 10.1. The van der Waals surface area contributed by atoms with Crippen molar-refractivity contribution in [3.63, 3.8) is 0 Å². The van der Waals surface area contributed by atoms with Crippen LogP contribution in [0.2, 0.25) is 0 Å². The van der Waals surface area contributed by atoms with Gasteiger partial charge in [0, 0.05) is 19.1 Å². The van der Waals surface area contributed by atoms with Gasteiger partial charge in [-0.1, -0.05) is 18.2 Å². The van der Waals surface area contributed by atoms with Crippen LogP contribution in [0.3, 0.4) is 0 Å². The number of hydrogen-bond donors (Lipinski definition) is 1. The van der Waals surface area contributed by atoms with Crippen molar-refractivity contribution in [3.8, 4) is 5.75 Å². The highest BCUT2D eigenvalue weighted by Gasteiger charge is 2.27. The van der Waals surface area contributed by atoms with Gasteiger partial charge >= 0.3 is 6.09 Å². The van der Waals surface area contributed by atoms with Crippen molar-refractivity contribution < 1.29 is 19.1 Å². The summed E-state index contributed by atoms with van der Waals surface area (Å²) in [5.41, 5.74) is -0.489. The van der Waals surface area contributed by atoms with Crippen molar-refractivity contribution in [1.29, 1.82) is 0 Å². The van der Waals surface area contributed by atoms with Crippen molar-refractivity contribution in [2.75, 3.05) is 19.7 Å². The number of piperidine rings is 1. The Morgan fingerprint density at radius 3 is 2.38 bits per heavy atom. The molecular formula is C18H26N2O4. The number of nitrogens with one attached hydrogen (secondary N) is 1. The fourth-order valence-electron chi connectivity index (χ4n) is 2.47. The van der Waals surface area contributed by atoms with E-state index in [2.05, 4.69) is 5.32 Å². The predicted molar refractivity (Wildman–Crippen MR) is 90.9 cm³/mol. The molecular weight excluding hydrogens is 308 g/mol. The zero-order valence-corrected chi connectivity index (χ0v) is 14.6. The number of benzene rings is 1. The Morgan fingerprint density at radius 2 is 1.79 bits per heavy atom. The number of carbonyl (C=O) groups excluding carboxylic acids is 2. The van der Waals surface area contributed by atoms with Gasteiger partial charge in [-0.25, -0.2) is 4.79 Å². The normalized spacial score (nSPS) is 15.7. The third kappa shape index (κ3) is 6.10. The number of nitrogens with zero attached hydrogens (tertiary/aromatic N) is 1. The Balaban J connectivity index is 1.69. The molecule has 1 heterocycles. The molecule has 1 saturated heterocycles. The molecule has 1 N–H and O–H groups in total. The van der Waals surface area contributed by atoms with Crippen LogP contribution in [0.1, 0.15) is 33.6 Å². The highest BCUT2D eigenvalue weighted by molar-refractivity contribution is 5.78. The Bertz CT molecular complexity index is 546. The lowest BCUT2D eigenvalue weighted by Gasteiger charge is -2.33. The van der Waals surface area contributed by atoms with Crippen LogP contribution in [0, 0.1) is 0 Å². The molecule has 0 radical (unpaired) electrons. The average Bonchev–Trinajstić information content (AvgIpc) is 2.53. The third-order valence-electron chi connectivity index (χ3n) is 3.62. The summed E-state index contributed by atoms with van der Waals surface area (Å²) < 4.78 is 10.8. The number of carbonyl (C=O) groups is 2. The number of rotatable bonds is 4. The van der Waals surface area contributed by atoms with E-state index in [0.717, 1.165) is 12.8 Å². The second kappa shape index (κ2) is 8.04. The minimum Gasteiger partial charge on any atom is -0.484 e. The van der Waals surface area contributed by atoms with E-state index in [9.17, 15) is 9.59 Å². The second-order valence-corrected chi connectivity index (χ2v) is 6.91. The van der Waals surface area contributed by atoms with Gasteiger partial charge in [-0.3, -0.25) is 4.79 Å². The van der Waals surface area contributed by atoms with Crippen LogP contribution in [0.5, 0.6) is 5.75 Å². The van der Waals surface area contributed by atoms with Gasteiger partial charge in [-0.05, 0) is 45.7 Å². The third-order valence-corrected chi connectivity index (χ3v) is 3.62. The minimum absolute atomic E-state index is 0.00368. The first-order chi connectivity index (χ1) is 11.3. The molecule has 2 rings (SSSR count). The van der Waals surface area contributed by atoms with E-state index in [-0.39, 0.29) is 24.6 Å². The molecule has 24 heavy (non-hydrogen) atoms. The lowest BCUT2D eigenvalue weighted by molar-refractivity contribution is -0.124. The quantitative estimate of drug-likeness (QED) is 0.919. The Hall–Kier alpha value is -2.24. The summed E-state index contributed by atoms with van der Waals surface area (Å²) in [5.74, 6) is 0.530. The van der Waals surface area contributed by atoms with Gasteiger partial charge in [0.05, 0.1) is 0 Å². The molecule has 0 aliphatic carbocycles. The van der Waals surface area contributed by atoms with Crippen LogP contribution < -0.4 is 10.1 Å². The number of para-hydroxylation sites is 1. The lowest BCUT2D eigenvalue weighted by Crippen LogP contribution is -2.48. The average molecular weight is 334 g/mol. The summed E-state index contributed by atoms with van der Waals surface area (Å²) in [4.78, 5) is 25.6. The van der Waals surface area contributed by atoms with Crippen LogP contribution in [0.15, 0.2) is 30.3 Å². The zero-order valence-electron chi connectivity index (χ0n) is 14.6. The van der Waals surface area contributed by atoms with Crippen LogP contribution in [-0.2, 0) is 9.53 Å². The van der Waals surface area contributed by atoms with E-state index < -0.39 is 5.60 Å². The van der Waals surface area contributed by atoms with E-state index >= 15 is 0 Å². The monoisotopic (exact) mass is 334 g/mol. The fraction of sp³-hybridized carbons (Fsp3) is 0.556. The maximum absolute atomic E-state index is 12.0. The molecule has 0 aromatic heterocycles. The Morgan fingerprint density at radius 1 is 1.17 bits per heavy atom. The van der Waals surface area contributed by atoms with Crippen LogP contribution in [-0.4, -0.2) is 48.2 Å². The minimum atomic E-state index is -0.489. The standard InChI is InChI=1S/C18H26N2O4/c1-18(2,3)24-17(22)20-11-9-14(10-12-20)19-16(21)13-23-15-7-5-4-6-8-15/h4-8,14H,9-13H2,1-3H3,(H,19,21). The molecule has 0 spiro atoms. The number of amides is 2. The Kier molecular flexibility index (Phi) is 6.06. The number of hydrogen-bond acceptors (Lipinski definition) is 4. The number of ether oxygens (including phenoxy) is 2. The van der Waals surface area contributed by atoms with Crippen LogP contribution in [0.4, 0.5) is 4.79 Å². The van der Waals surface area contributed by atoms with Gasteiger partial charge in [-0.2, -0.15) is 0 Å². The second-order valence-electron chi connectivity index (χ2n) is 6.91. The van der Waals surface area contributed by atoms with Gasteiger partial charge in [0.15, 0.2) is 6.61 Å². The molecule has 1 aliphatic heterocycles. The van der Waals surface area contributed by atoms with Crippen LogP contribution >= 0.6 is 0 Å². The summed E-state index contributed by atoms with van der Waals surface area (Å²) in [6, 6.07) is 9.31. The molecule has 0 unspecified atom stereocenters. The summed E-state index contributed by atoms with van der Waals surface area (Å²) in [5, 5.41) is 2.95.